The summed E-state index contributed by atoms with van der Waals surface area (Å²) < 4.78 is 44.1. The molecule has 0 saturated carbocycles. The van der Waals surface area contributed by atoms with E-state index < -0.39 is 35.7 Å². The van der Waals surface area contributed by atoms with E-state index in [2.05, 4.69) is 15.3 Å². The highest BCUT2D eigenvalue weighted by Gasteiger charge is 2.36. The molecule has 4 N–H and O–H groups in total. The summed E-state index contributed by atoms with van der Waals surface area (Å²) in [5.41, 5.74) is 1.36. The zero-order chi connectivity index (χ0) is 27.7. The number of piperidine rings is 1. The Hall–Kier alpha value is -3.45. The average molecular weight is 540 g/mol. The zero-order valence-corrected chi connectivity index (χ0v) is 20.9. The van der Waals surface area contributed by atoms with Gasteiger partial charge in [-0.2, -0.15) is 13.2 Å². The van der Waals surface area contributed by atoms with Gasteiger partial charge in [0.15, 0.2) is 0 Å². The predicted octanol–water partition coefficient (Wildman–Crippen LogP) is 2.80. The maximum atomic E-state index is 13.3. The number of amides is 2. The number of carbonyl (C=O) groups excluding carboxylic acids is 2. The topological polar surface area (TPSA) is 137 Å². The fraction of sp³-hybridized carbons (Fsp3) is 0.520. The summed E-state index contributed by atoms with van der Waals surface area (Å²) >= 11 is 0. The minimum Gasteiger partial charge on any atom is -0.494 e. The molecule has 13 heteroatoms. The van der Waals surface area contributed by atoms with Crippen molar-refractivity contribution in [3.05, 3.63) is 47.8 Å². The number of carbonyl (C=O) groups is 2. The van der Waals surface area contributed by atoms with Gasteiger partial charge < -0.3 is 20.1 Å². The maximum Gasteiger partial charge on any atom is 0.433 e. The Morgan fingerprint density at radius 2 is 1.87 bits per heavy atom. The number of likely N-dealkylation sites (tertiary alicyclic amines) is 1. The van der Waals surface area contributed by atoms with E-state index >= 15 is 0 Å². The second kappa shape index (κ2) is 13.4. The van der Waals surface area contributed by atoms with Crippen LogP contribution in [0, 0.1) is 5.92 Å². The van der Waals surface area contributed by atoms with Crippen LogP contribution in [0.25, 0.3) is 0 Å². The molecule has 3 rings (SSSR count). The highest BCUT2D eigenvalue weighted by molar-refractivity contribution is 5.88. The van der Waals surface area contributed by atoms with Gasteiger partial charge in [0.2, 0.25) is 11.9 Å². The number of rotatable bonds is 11. The lowest BCUT2D eigenvalue weighted by atomic mass is 9.91. The van der Waals surface area contributed by atoms with Crippen molar-refractivity contribution in [3.63, 3.8) is 0 Å². The van der Waals surface area contributed by atoms with Crippen LogP contribution >= 0.6 is 0 Å². The van der Waals surface area contributed by atoms with E-state index in [1.165, 1.54) is 10.4 Å². The molecule has 1 fully saturated rings. The molecular formula is C25H32F3N5O5. The number of aryl methyl sites for hydroxylation is 1. The van der Waals surface area contributed by atoms with Gasteiger partial charge in [-0.1, -0.05) is 12.1 Å². The number of hydrogen-bond acceptors (Lipinski definition) is 8. The third-order valence-corrected chi connectivity index (χ3v) is 6.38. The van der Waals surface area contributed by atoms with Gasteiger partial charge >= 0.3 is 6.18 Å². The summed E-state index contributed by atoms with van der Waals surface area (Å²) in [4.78, 5) is 34.0. The monoisotopic (exact) mass is 539 g/mol. The van der Waals surface area contributed by atoms with Gasteiger partial charge in [0, 0.05) is 25.3 Å². The molecular weight excluding hydrogens is 507 g/mol. The molecule has 1 aliphatic heterocycles. The molecule has 0 spiro atoms. The Morgan fingerprint density at radius 1 is 1.18 bits per heavy atom. The molecule has 2 atom stereocenters. The van der Waals surface area contributed by atoms with E-state index in [9.17, 15) is 27.9 Å². The van der Waals surface area contributed by atoms with E-state index in [1.807, 2.05) is 31.2 Å². The number of anilines is 1. The van der Waals surface area contributed by atoms with Crippen molar-refractivity contribution in [2.75, 3.05) is 25.0 Å². The van der Waals surface area contributed by atoms with E-state index in [0.29, 0.717) is 32.3 Å². The number of ether oxygens (including phenoxy) is 1. The molecule has 208 valence electrons. The van der Waals surface area contributed by atoms with Gasteiger partial charge in [0.1, 0.15) is 17.5 Å². The van der Waals surface area contributed by atoms with Crippen LogP contribution < -0.4 is 15.5 Å². The summed E-state index contributed by atoms with van der Waals surface area (Å²) in [5.74, 6) is -1.96. The van der Waals surface area contributed by atoms with E-state index in [4.69, 9.17) is 9.94 Å². The zero-order valence-electron chi connectivity index (χ0n) is 20.9. The van der Waals surface area contributed by atoms with Gasteiger partial charge in [-0.15, -0.1) is 0 Å². The van der Waals surface area contributed by atoms with Crippen molar-refractivity contribution in [1.82, 2.24) is 20.3 Å². The second-order valence-electron chi connectivity index (χ2n) is 9.00. The van der Waals surface area contributed by atoms with Crippen LogP contribution in [0.5, 0.6) is 5.75 Å². The van der Waals surface area contributed by atoms with Crippen LogP contribution in [0.1, 0.15) is 43.9 Å². The fourth-order valence-electron chi connectivity index (χ4n) is 4.36. The predicted molar refractivity (Wildman–Crippen MR) is 130 cm³/mol. The Bertz CT molecular complexity index is 1060. The Kier molecular flexibility index (Phi) is 10.2. The number of nitrogens with zero attached hydrogens (tertiary/aromatic N) is 3. The van der Waals surface area contributed by atoms with Crippen molar-refractivity contribution in [3.8, 4) is 5.75 Å². The molecule has 38 heavy (non-hydrogen) atoms. The van der Waals surface area contributed by atoms with Crippen molar-refractivity contribution < 1.29 is 37.8 Å². The lowest BCUT2D eigenvalue weighted by Crippen LogP contribution is -2.50. The minimum absolute atomic E-state index is 0.146. The van der Waals surface area contributed by atoms with Crippen LogP contribution in [0.3, 0.4) is 0 Å². The SMILES string of the molecule is CCOc1ccc(CCC[C@@H](C(=O)N2CCC(Nc3nccc(C(F)(F)F)n3)CC2)[C@H](O)C(=O)NO)cc1. The third kappa shape index (κ3) is 8.02. The first-order chi connectivity index (χ1) is 18.1. The first kappa shape index (κ1) is 29.1. The second-order valence-corrected chi connectivity index (χ2v) is 9.00. The number of hydrogen-bond donors (Lipinski definition) is 4. The number of alkyl halides is 3. The summed E-state index contributed by atoms with van der Waals surface area (Å²) in [6.07, 6.45) is -3.16. The van der Waals surface area contributed by atoms with E-state index in [-0.39, 0.29) is 31.5 Å². The lowest BCUT2D eigenvalue weighted by molar-refractivity contribution is -0.151. The average Bonchev–Trinajstić information content (AvgIpc) is 2.91. The van der Waals surface area contributed by atoms with Crippen LogP contribution in [-0.2, 0) is 22.2 Å². The summed E-state index contributed by atoms with van der Waals surface area (Å²) in [6, 6.07) is 8.04. The fourth-order valence-corrected chi connectivity index (χ4v) is 4.36. The summed E-state index contributed by atoms with van der Waals surface area (Å²) in [5, 5.41) is 22.3. The van der Waals surface area contributed by atoms with E-state index in [0.717, 1.165) is 23.6 Å². The van der Waals surface area contributed by atoms with Gasteiger partial charge in [0.25, 0.3) is 5.91 Å². The number of benzene rings is 1. The molecule has 1 aromatic carbocycles. The van der Waals surface area contributed by atoms with E-state index in [1.54, 1.807) is 0 Å². The molecule has 0 aliphatic carbocycles. The largest absolute Gasteiger partial charge is 0.494 e. The number of aliphatic hydroxyl groups is 1. The van der Waals surface area contributed by atoms with Crippen molar-refractivity contribution in [2.24, 2.45) is 5.92 Å². The quantitative estimate of drug-likeness (QED) is 0.253. The number of nitrogens with one attached hydrogen (secondary N) is 2. The smallest absolute Gasteiger partial charge is 0.433 e. The highest BCUT2D eigenvalue weighted by Crippen LogP contribution is 2.28. The van der Waals surface area contributed by atoms with Crippen molar-refractivity contribution in [2.45, 2.75) is 57.3 Å². The molecule has 0 bridgehead atoms. The number of hydroxylamine groups is 1. The minimum atomic E-state index is -4.58. The van der Waals surface area contributed by atoms with Crippen molar-refractivity contribution >= 4 is 17.8 Å². The van der Waals surface area contributed by atoms with Gasteiger partial charge in [0.05, 0.1) is 12.5 Å². The van der Waals surface area contributed by atoms with Gasteiger partial charge in [-0.05, 0) is 62.8 Å². The normalized spacial score (nSPS) is 16.0. The third-order valence-electron chi connectivity index (χ3n) is 6.38. The highest BCUT2D eigenvalue weighted by atomic mass is 19.4. The van der Waals surface area contributed by atoms with Crippen LogP contribution in [0.15, 0.2) is 36.5 Å². The number of halogens is 3. The van der Waals surface area contributed by atoms with Crippen LogP contribution in [-0.4, -0.2) is 68.8 Å². The first-order valence-electron chi connectivity index (χ1n) is 12.4. The number of aromatic nitrogens is 2. The molecule has 0 radical (unpaired) electrons. The molecule has 1 aliphatic rings. The van der Waals surface area contributed by atoms with Crippen LogP contribution in [0.4, 0.5) is 19.1 Å². The Balaban J connectivity index is 1.57. The van der Waals surface area contributed by atoms with Gasteiger partial charge in [-0.3, -0.25) is 14.8 Å². The number of aliphatic hydroxyl groups excluding tert-OH is 1. The Morgan fingerprint density at radius 3 is 2.47 bits per heavy atom. The van der Waals surface area contributed by atoms with Gasteiger partial charge in [-0.25, -0.2) is 15.4 Å². The molecule has 0 unspecified atom stereocenters. The molecule has 10 nitrogen and oxygen atoms in total. The first-order valence-corrected chi connectivity index (χ1v) is 12.4. The van der Waals surface area contributed by atoms with Crippen molar-refractivity contribution in [1.29, 1.82) is 0 Å². The molecule has 2 amide bonds. The Labute approximate surface area is 218 Å². The van der Waals surface area contributed by atoms with Crippen LogP contribution in [0.2, 0.25) is 0 Å². The molecule has 1 aromatic heterocycles. The molecule has 2 heterocycles. The summed E-state index contributed by atoms with van der Waals surface area (Å²) in [7, 11) is 0. The summed E-state index contributed by atoms with van der Waals surface area (Å²) in [6.45, 7) is 2.97. The maximum absolute atomic E-state index is 13.3. The standard InChI is InChI=1S/C25H32F3N5O5/c1-2-38-18-8-6-16(7-9-18)4-3-5-19(21(34)22(35)32-37)23(36)33-14-11-17(12-15-33)30-24-29-13-10-20(31-24)25(26,27)28/h6-10,13,17,19,21,34,37H,2-5,11-12,14-15H2,1H3,(H,32,35)(H,29,30,31)/t19-,21+/m1/s1. The molecule has 2 aromatic rings. The lowest BCUT2D eigenvalue weighted by Gasteiger charge is -2.35. The molecule has 1 saturated heterocycles.